The molecule has 0 bridgehead atoms. The molecule has 0 N–H and O–H groups in total. The van der Waals surface area contributed by atoms with Crippen molar-refractivity contribution in [2.24, 2.45) is 0 Å². The third kappa shape index (κ3) is 3.01. The second-order valence-corrected chi connectivity index (χ2v) is 6.54. The highest BCUT2D eigenvalue weighted by Gasteiger charge is 2.21. The van der Waals surface area contributed by atoms with Crippen molar-refractivity contribution in [1.29, 1.82) is 0 Å². The van der Waals surface area contributed by atoms with Gasteiger partial charge >= 0.3 is 5.69 Å². The zero-order valence-corrected chi connectivity index (χ0v) is 13.5. The molecule has 110 valence electrons. The van der Waals surface area contributed by atoms with Gasteiger partial charge in [0.1, 0.15) is 5.03 Å². The lowest BCUT2D eigenvalue weighted by Gasteiger charge is -2.12. The van der Waals surface area contributed by atoms with Crippen molar-refractivity contribution in [3.63, 3.8) is 0 Å². The van der Waals surface area contributed by atoms with E-state index in [0.717, 1.165) is 35.1 Å². The summed E-state index contributed by atoms with van der Waals surface area (Å²) in [5.41, 5.74) is 3.54. The van der Waals surface area contributed by atoms with Gasteiger partial charge < -0.3 is 0 Å². The number of hydrogen-bond donors (Lipinski definition) is 0. The van der Waals surface area contributed by atoms with Crippen molar-refractivity contribution in [2.75, 3.05) is 0 Å². The van der Waals surface area contributed by atoms with Gasteiger partial charge in [0.05, 0.1) is 0 Å². The molecule has 0 fully saturated rings. The normalized spacial score (nSPS) is 13.4. The number of benzene rings is 1. The van der Waals surface area contributed by atoms with E-state index < -0.39 is 0 Å². The number of thioether (sulfide) groups is 1. The van der Waals surface area contributed by atoms with Gasteiger partial charge in [-0.15, -0.1) is 11.8 Å². The van der Waals surface area contributed by atoms with Crippen molar-refractivity contribution < 1.29 is 0 Å². The minimum absolute atomic E-state index is 0.114. The molecular weight excluding hydrogens is 304 g/mol. The van der Waals surface area contributed by atoms with Gasteiger partial charge in [0.2, 0.25) is 0 Å². The number of halogens is 1. The van der Waals surface area contributed by atoms with Crippen LogP contribution in [0.3, 0.4) is 0 Å². The Bertz CT molecular complexity index is 709. The quantitative estimate of drug-likeness (QED) is 0.636. The summed E-state index contributed by atoms with van der Waals surface area (Å²) in [6.45, 7) is 2.71. The number of aromatic nitrogens is 2. The smallest absolute Gasteiger partial charge is 0.296 e. The van der Waals surface area contributed by atoms with Crippen LogP contribution < -0.4 is 5.69 Å². The second-order valence-electron chi connectivity index (χ2n) is 5.14. The van der Waals surface area contributed by atoms with E-state index in [1.165, 1.54) is 16.8 Å². The molecule has 0 spiro atoms. The molecule has 0 atom stereocenters. The van der Waals surface area contributed by atoms with E-state index in [2.05, 4.69) is 4.98 Å². The molecule has 0 saturated heterocycles. The summed E-state index contributed by atoms with van der Waals surface area (Å²) >= 11 is 7.55. The number of hydrogen-bond acceptors (Lipinski definition) is 3. The van der Waals surface area contributed by atoms with Crippen LogP contribution in [0.1, 0.15) is 30.2 Å². The Morgan fingerprint density at radius 2 is 2.05 bits per heavy atom. The van der Waals surface area contributed by atoms with Crippen LogP contribution in [0, 0.1) is 0 Å². The molecular formula is C16H17ClN2OS. The van der Waals surface area contributed by atoms with E-state index in [4.69, 9.17) is 11.6 Å². The molecule has 0 saturated carbocycles. The van der Waals surface area contributed by atoms with Crippen LogP contribution in [0.25, 0.3) is 0 Å². The molecule has 1 heterocycles. The molecule has 0 aliphatic heterocycles. The van der Waals surface area contributed by atoms with Crippen LogP contribution >= 0.6 is 23.4 Å². The molecule has 0 radical (unpaired) electrons. The Kier molecular flexibility index (Phi) is 4.36. The molecule has 3 nitrogen and oxygen atoms in total. The van der Waals surface area contributed by atoms with Gasteiger partial charge in [-0.05, 0) is 43.9 Å². The summed E-state index contributed by atoms with van der Waals surface area (Å²) in [6, 6.07) is 7.82. The van der Waals surface area contributed by atoms with E-state index in [9.17, 15) is 4.79 Å². The number of fused-ring (bicyclic) bond motifs is 1. The van der Waals surface area contributed by atoms with Crippen LogP contribution in [0.15, 0.2) is 34.1 Å². The summed E-state index contributed by atoms with van der Waals surface area (Å²) < 4.78 is 1.81. The molecule has 5 heteroatoms. The lowest BCUT2D eigenvalue weighted by Crippen LogP contribution is -2.26. The molecule has 3 rings (SSSR count). The van der Waals surface area contributed by atoms with Gasteiger partial charge in [-0.2, -0.15) is 4.98 Å². The van der Waals surface area contributed by atoms with E-state index in [1.54, 1.807) is 11.8 Å². The lowest BCUT2D eigenvalue weighted by molar-refractivity contribution is 0.645. The Labute approximate surface area is 133 Å². The zero-order chi connectivity index (χ0) is 14.8. The van der Waals surface area contributed by atoms with Crippen molar-refractivity contribution in [2.45, 2.75) is 43.5 Å². The fraction of sp³-hybridized carbons (Fsp3) is 0.375. The lowest BCUT2D eigenvalue weighted by atomic mass is 10.2. The molecule has 0 unspecified atom stereocenters. The molecule has 21 heavy (non-hydrogen) atoms. The first-order valence-electron chi connectivity index (χ1n) is 7.19. The summed E-state index contributed by atoms with van der Waals surface area (Å²) in [4.78, 5) is 16.4. The van der Waals surface area contributed by atoms with Crippen molar-refractivity contribution in [3.8, 4) is 0 Å². The Balaban J connectivity index is 1.86. The average molecular weight is 321 g/mol. The van der Waals surface area contributed by atoms with Gasteiger partial charge in [0.15, 0.2) is 0 Å². The van der Waals surface area contributed by atoms with Gasteiger partial charge in [-0.1, -0.05) is 23.7 Å². The third-order valence-corrected chi connectivity index (χ3v) is 5.15. The van der Waals surface area contributed by atoms with Crippen LogP contribution in [-0.2, 0) is 25.1 Å². The second kappa shape index (κ2) is 6.24. The summed E-state index contributed by atoms with van der Waals surface area (Å²) in [6.07, 6.45) is 3.15. The monoisotopic (exact) mass is 320 g/mol. The largest absolute Gasteiger partial charge is 0.348 e. The predicted molar refractivity (Wildman–Crippen MR) is 87.2 cm³/mol. The summed E-state index contributed by atoms with van der Waals surface area (Å²) in [7, 11) is 0. The maximum atomic E-state index is 12.1. The standard InChI is InChI=1S/C16H17ClN2OS/c1-2-19-14-5-3-4-13(14)15(18-16(19)20)21-10-11-6-8-12(17)9-7-11/h6-9H,2-5,10H2,1H3. The van der Waals surface area contributed by atoms with Gasteiger partial charge in [-0.25, -0.2) is 4.79 Å². The van der Waals surface area contributed by atoms with E-state index in [-0.39, 0.29) is 5.69 Å². The van der Waals surface area contributed by atoms with Gasteiger partial charge in [0, 0.05) is 28.6 Å². The predicted octanol–water partition coefficient (Wildman–Crippen LogP) is 3.70. The molecule has 1 aromatic carbocycles. The Morgan fingerprint density at radius 3 is 2.76 bits per heavy atom. The molecule has 1 aliphatic rings. The van der Waals surface area contributed by atoms with Crippen LogP contribution in [0.5, 0.6) is 0 Å². The molecule has 1 aromatic heterocycles. The topological polar surface area (TPSA) is 34.9 Å². The SMILES string of the molecule is CCn1c2c(c(SCc3ccc(Cl)cc3)nc1=O)CCC2. The zero-order valence-electron chi connectivity index (χ0n) is 11.9. The van der Waals surface area contributed by atoms with Crippen molar-refractivity contribution in [1.82, 2.24) is 9.55 Å². The van der Waals surface area contributed by atoms with Gasteiger partial charge in [-0.3, -0.25) is 4.57 Å². The highest BCUT2D eigenvalue weighted by atomic mass is 35.5. The van der Waals surface area contributed by atoms with E-state index in [1.807, 2.05) is 35.8 Å². The molecule has 1 aliphatic carbocycles. The first-order valence-corrected chi connectivity index (χ1v) is 8.55. The first-order chi connectivity index (χ1) is 10.2. The fourth-order valence-electron chi connectivity index (χ4n) is 2.76. The minimum atomic E-state index is -0.114. The van der Waals surface area contributed by atoms with Crippen LogP contribution in [0.4, 0.5) is 0 Å². The number of rotatable bonds is 4. The third-order valence-electron chi connectivity index (χ3n) is 3.81. The van der Waals surface area contributed by atoms with Gasteiger partial charge in [0.25, 0.3) is 0 Å². The van der Waals surface area contributed by atoms with Crippen molar-refractivity contribution in [3.05, 3.63) is 56.6 Å². The minimum Gasteiger partial charge on any atom is -0.296 e. The van der Waals surface area contributed by atoms with E-state index in [0.29, 0.717) is 6.54 Å². The average Bonchev–Trinajstić information content (AvgIpc) is 2.96. The molecule has 0 amide bonds. The van der Waals surface area contributed by atoms with Crippen LogP contribution in [0.2, 0.25) is 5.02 Å². The summed E-state index contributed by atoms with van der Waals surface area (Å²) in [5.74, 6) is 0.812. The molecule has 2 aromatic rings. The highest BCUT2D eigenvalue weighted by Crippen LogP contribution is 2.31. The van der Waals surface area contributed by atoms with Crippen LogP contribution in [-0.4, -0.2) is 9.55 Å². The Morgan fingerprint density at radius 1 is 1.29 bits per heavy atom. The summed E-state index contributed by atoms with van der Waals surface area (Å²) in [5, 5.41) is 1.65. The highest BCUT2D eigenvalue weighted by molar-refractivity contribution is 7.98. The Hall–Kier alpha value is -1.26. The fourth-order valence-corrected chi connectivity index (χ4v) is 3.92. The van der Waals surface area contributed by atoms with E-state index >= 15 is 0 Å². The number of nitrogens with zero attached hydrogens (tertiary/aromatic N) is 2. The first kappa shape index (κ1) is 14.7. The maximum absolute atomic E-state index is 12.1. The van der Waals surface area contributed by atoms with Crippen molar-refractivity contribution >= 4 is 23.4 Å². The maximum Gasteiger partial charge on any atom is 0.348 e.